The van der Waals surface area contributed by atoms with Crippen LogP contribution < -0.4 is 9.62 Å². The molecule has 0 radical (unpaired) electrons. The Balaban J connectivity index is 1.96. The van der Waals surface area contributed by atoms with Gasteiger partial charge in [-0.25, -0.2) is 12.8 Å². The number of hydrogen-bond acceptors (Lipinski definition) is 3. The van der Waals surface area contributed by atoms with E-state index in [2.05, 4.69) is 5.32 Å². The number of rotatable bonds is 7. The normalized spacial score (nSPS) is 11.2. The van der Waals surface area contributed by atoms with Gasteiger partial charge in [0, 0.05) is 6.54 Å². The van der Waals surface area contributed by atoms with Crippen molar-refractivity contribution < 1.29 is 17.6 Å². The van der Waals surface area contributed by atoms with Gasteiger partial charge >= 0.3 is 0 Å². The Morgan fingerprint density at radius 3 is 2.52 bits per heavy atom. The van der Waals surface area contributed by atoms with E-state index in [0.29, 0.717) is 0 Å². The van der Waals surface area contributed by atoms with Crippen LogP contribution in [0.4, 0.5) is 10.1 Å². The largest absolute Gasteiger partial charge is 0.354 e. The highest BCUT2D eigenvalue weighted by Crippen LogP contribution is 2.18. The Morgan fingerprint density at radius 2 is 1.88 bits per heavy atom. The van der Waals surface area contributed by atoms with E-state index in [-0.39, 0.29) is 31.1 Å². The average Bonchev–Trinajstić information content (AvgIpc) is 2.50. The smallest absolute Gasteiger partial charge is 0.232 e. The lowest BCUT2D eigenvalue weighted by Crippen LogP contribution is -2.38. The third-order valence-electron chi connectivity index (χ3n) is 3.58. The number of aryl methyl sites for hydroxylation is 1. The predicted molar refractivity (Wildman–Crippen MR) is 96.5 cm³/mol. The standard InChI is InChI=1S/C18H21FN2O3S/c1-14-5-3-6-15(11-14)12-18(22)20-9-10-21(25(2,23)24)17-8-4-7-16(19)13-17/h3-8,11,13H,9-10,12H2,1-2H3,(H,20,22). The number of carbonyl (C=O) groups excluding carboxylic acids is 1. The van der Waals surface area contributed by atoms with Crippen molar-refractivity contribution in [3.8, 4) is 0 Å². The van der Waals surface area contributed by atoms with E-state index < -0.39 is 15.8 Å². The molecule has 2 aromatic carbocycles. The zero-order chi connectivity index (χ0) is 18.4. The summed E-state index contributed by atoms with van der Waals surface area (Å²) in [5, 5.41) is 2.70. The number of hydrogen-bond donors (Lipinski definition) is 1. The Labute approximate surface area is 147 Å². The molecule has 25 heavy (non-hydrogen) atoms. The van der Waals surface area contributed by atoms with Crippen molar-refractivity contribution in [2.75, 3.05) is 23.7 Å². The lowest BCUT2D eigenvalue weighted by molar-refractivity contribution is -0.120. The fraction of sp³-hybridized carbons (Fsp3) is 0.278. The first-order valence-electron chi connectivity index (χ1n) is 7.81. The summed E-state index contributed by atoms with van der Waals surface area (Å²) in [4.78, 5) is 12.0. The van der Waals surface area contributed by atoms with Gasteiger partial charge in [0.2, 0.25) is 15.9 Å². The maximum atomic E-state index is 13.3. The summed E-state index contributed by atoms with van der Waals surface area (Å²) in [6.45, 7) is 2.11. The molecular formula is C18H21FN2O3S. The molecule has 1 amide bonds. The van der Waals surface area contributed by atoms with Crippen LogP contribution in [0.25, 0.3) is 0 Å². The number of benzene rings is 2. The molecule has 134 valence electrons. The molecule has 2 rings (SSSR count). The Bertz CT molecular complexity index is 853. The summed E-state index contributed by atoms with van der Waals surface area (Å²) in [5.74, 6) is -0.715. The molecule has 0 saturated carbocycles. The fourth-order valence-corrected chi connectivity index (χ4v) is 3.40. The molecule has 0 atom stereocenters. The average molecular weight is 364 g/mol. The summed E-state index contributed by atoms with van der Waals surface area (Å²) in [6, 6.07) is 13.0. The van der Waals surface area contributed by atoms with E-state index in [4.69, 9.17) is 0 Å². The summed E-state index contributed by atoms with van der Waals surface area (Å²) in [5.41, 5.74) is 2.19. The molecular weight excluding hydrogens is 343 g/mol. The van der Waals surface area contributed by atoms with Gasteiger partial charge in [0.25, 0.3) is 0 Å². The number of nitrogens with one attached hydrogen (secondary N) is 1. The van der Waals surface area contributed by atoms with Crippen LogP contribution in [0.3, 0.4) is 0 Å². The summed E-state index contributed by atoms with van der Waals surface area (Å²) >= 11 is 0. The zero-order valence-electron chi connectivity index (χ0n) is 14.2. The van der Waals surface area contributed by atoms with Crippen LogP contribution in [0.5, 0.6) is 0 Å². The summed E-state index contributed by atoms with van der Waals surface area (Å²) in [7, 11) is -3.58. The first-order valence-corrected chi connectivity index (χ1v) is 9.66. The van der Waals surface area contributed by atoms with E-state index in [1.165, 1.54) is 18.2 Å². The lowest BCUT2D eigenvalue weighted by Gasteiger charge is -2.22. The Kier molecular flexibility index (Phi) is 6.14. The Hall–Kier alpha value is -2.41. The number of anilines is 1. The number of amides is 1. The highest BCUT2D eigenvalue weighted by molar-refractivity contribution is 7.92. The molecule has 5 nitrogen and oxygen atoms in total. The van der Waals surface area contributed by atoms with Gasteiger partial charge in [-0.2, -0.15) is 0 Å². The summed E-state index contributed by atoms with van der Waals surface area (Å²) in [6.07, 6.45) is 1.27. The van der Waals surface area contributed by atoms with Crippen LogP contribution in [-0.2, 0) is 21.2 Å². The molecule has 1 N–H and O–H groups in total. The molecule has 0 saturated heterocycles. The molecule has 0 aromatic heterocycles. The van der Waals surface area contributed by atoms with Crippen LogP contribution in [0.1, 0.15) is 11.1 Å². The first kappa shape index (κ1) is 18.9. The van der Waals surface area contributed by atoms with Crippen molar-refractivity contribution in [1.29, 1.82) is 0 Å². The number of carbonyl (C=O) groups is 1. The van der Waals surface area contributed by atoms with Crippen molar-refractivity contribution in [3.05, 3.63) is 65.5 Å². The van der Waals surface area contributed by atoms with Crippen LogP contribution >= 0.6 is 0 Å². The minimum atomic E-state index is -3.58. The van der Waals surface area contributed by atoms with Gasteiger partial charge in [-0.1, -0.05) is 35.9 Å². The molecule has 0 unspecified atom stereocenters. The molecule has 0 spiro atoms. The highest BCUT2D eigenvalue weighted by atomic mass is 32.2. The third kappa shape index (κ3) is 5.86. The molecule has 7 heteroatoms. The van der Waals surface area contributed by atoms with E-state index in [0.717, 1.165) is 27.8 Å². The fourth-order valence-electron chi connectivity index (χ4n) is 2.48. The molecule has 0 aliphatic carbocycles. The van der Waals surface area contributed by atoms with Gasteiger partial charge in [-0.05, 0) is 30.7 Å². The van der Waals surface area contributed by atoms with Crippen LogP contribution in [-0.4, -0.2) is 33.7 Å². The predicted octanol–water partition coefficient (Wildman–Crippen LogP) is 2.26. The van der Waals surface area contributed by atoms with Crippen LogP contribution in [0, 0.1) is 12.7 Å². The molecule has 0 fully saturated rings. The molecule has 0 bridgehead atoms. The maximum Gasteiger partial charge on any atom is 0.232 e. The minimum absolute atomic E-state index is 0.0296. The molecule has 0 aliphatic rings. The highest BCUT2D eigenvalue weighted by Gasteiger charge is 2.17. The maximum absolute atomic E-state index is 13.3. The first-order chi connectivity index (χ1) is 11.8. The quantitative estimate of drug-likeness (QED) is 0.819. The van der Waals surface area contributed by atoms with E-state index >= 15 is 0 Å². The van der Waals surface area contributed by atoms with Crippen molar-refractivity contribution in [2.45, 2.75) is 13.3 Å². The topological polar surface area (TPSA) is 66.5 Å². The molecule has 0 aliphatic heterocycles. The number of halogens is 1. The Morgan fingerprint density at radius 1 is 1.16 bits per heavy atom. The third-order valence-corrected chi connectivity index (χ3v) is 4.77. The van der Waals surface area contributed by atoms with Crippen LogP contribution in [0.2, 0.25) is 0 Å². The second-order valence-electron chi connectivity index (χ2n) is 5.83. The second-order valence-corrected chi connectivity index (χ2v) is 7.74. The van der Waals surface area contributed by atoms with Gasteiger partial charge in [0.15, 0.2) is 0 Å². The van der Waals surface area contributed by atoms with Gasteiger partial charge in [-0.15, -0.1) is 0 Å². The molecule has 0 heterocycles. The number of sulfonamides is 1. The van der Waals surface area contributed by atoms with Crippen molar-refractivity contribution >= 4 is 21.6 Å². The van der Waals surface area contributed by atoms with Gasteiger partial charge in [0.05, 0.1) is 24.9 Å². The van der Waals surface area contributed by atoms with Crippen molar-refractivity contribution in [1.82, 2.24) is 5.32 Å². The lowest BCUT2D eigenvalue weighted by atomic mass is 10.1. The zero-order valence-corrected chi connectivity index (χ0v) is 15.0. The van der Waals surface area contributed by atoms with Gasteiger partial charge in [0.1, 0.15) is 5.82 Å². The van der Waals surface area contributed by atoms with Crippen molar-refractivity contribution in [2.24, 2.45) is 0 Å². The summed E-state index contributed by atoms with van der Waals surface area (Å²) < 4.78 is 38.3. The second kappa shape index (κ2) is 8.11. The molecule has 2 aromatic rings. The monoisotopic (exact) mass is 364 g/mol. The SMILES string of the molecule is Cc1cccc(CC(=O)NCCN(c2cccc(F)c2)S(C)(=O)=O)c1. The van der Waals surface area contributed by atoms with Gasteiger partial charge in [-0.3, -0.25) is 9.10 Å². The van der Waals surface area contributed by atoms with Crippen LogP contribution in [0.15, 0.2) is 48.5 Å². The van der Waals surface area contributed by atoms with E-state index in [1.807, 2.05) is 31.2 Å². The number of nitrogens with zero attached hydrogens (tertiary/aromatic N) is 1. The van der Waals surface area contributed by atoms with E-state index in [1.54, 1.807) is 0 Å². The van der Waals surface area contributed by atoms with E-state index in [9.17, 15) is 17.6 Å². The minimum Gasteiger partial charge on any atom is -0.354 e. The van der Waals surface area contributed by atoms with Crippen molar-refractivity contribution in [3.63, 3.8) is 0 Å². The van der Waals surface area contributed by atoms with Gasteiger partial charge < -0.3 is 5.32 Å².